The predicted octanol–water partition coefficient (Wildman–Crippen LogP) is 6.26. The molecule has 0 unspecified atom stereocenters. The molecule has 232 valence electrons. The Balaban J connectivity index is 0.000000727. The molecule has 1 fully saturated rings. The van der Waals surface area contributed by atoms with E-state index in [2.05, 4.69) is 66.7 Å². The van der Waals surface area contributed by atoms with E-state index in [9.17, 15) is 4.39 Å². The summed E-state index contributed by atoms with van der Waals surface area (Å²) in [7, 11) is 1.84. The van der Waals surface area contributed by atoms with Crippen LogP contribution < -0.4 is 16.0 Å². The maximum Gasteiger partial charge on any atom is 0.181 e. The van der Waals surface area contributed by atoms with Crippen LogP contribution in [0.15, 0.2) is 87.5 Å². The monoisotopic (exact) mass is 606 g/mol. The average Bonchev–Trinajstić information content (AvgIpc) is 3.70. The van der Waals surface area contributed by atoms with Crippen molar-refractivity contribution in [1.29, 1.82) is 0 Å². The van der Waals surface area contributed by atoms with Crippen molar-refractivity contribution in [1.82, 2.24) is 40.4 Å². The van der Waals surface area contributed by atoms with Crippen molar-refractivity contribution in [2.75, 3.05) is 25.0 Å². The van der Waals surface area contributed by atoms with E-state index in [1.165, 1.54) is 12.1 Å². The molecule has 6 heterocycles. The molecule has 0 aliphatic carbocycles. The Kier molecular flexibility index (Phi) is 10.9. The van der Waals surface area contributed by atoms with E-state index in [-0.39, 0.29) is 11.9 Å². The molecular weight excluding hydrogens is 567 g/mol. The van der Waals surface area contributed by atoms with E-state index in [1.54, 1.807) is 24.8 Å². The lowest BCUT2D eigenvalue weighted by atomic mass is 10.0. The van der Waals surface area contributed by atoms with Crippen LogP contribution in [0.25, 0.3) is 55.8 Å². The Morgan fingerprint density at radius 3 is 2.49 bits per heavy atom. The summed E-state index contributed by atoms with van der Waals surface area (Å²) < 4.78 is 14.4. The van der Waals surface area contributed by atoms with Gasteiger partial charge in [0.15, 0.2) is 5.65 Å². The molecule has 1 saturated heterocycles. The number of hydrogen-bond donors (Lipinski definition) is 4. The summed E-state index contributed by atoms with van der Waals surface area (Å²) in [6, 6.07) is 11.1. The second-order valence-electron chi connectivity index (χ2n) is 9.80. The molecule has 7 rings (SSSR count). The maximum atomic E-state index is 14.4. The summed E-state index contributed by atoms with van der Waals surface area (Å²) in [4.78, 5) is 23.9. The largest absolute Gasteiger partial charge is 0.353 e. The standard InChI is InChI=1S/C28H25FN10.C2H6.2C2H4/c1-31-9-15-4-16(6-18(29)5-15)26-20-8-23(35-22(20)2-3-33-26)27-21-7-17(10-34-28(21)38-37-27)24-11-32-12-25(36-24)39-13-19(30)14-39;3*1-2/h2-8,10-12,19,31,35H,9,13-14,30H2,1H3,(H,34,37,38);1-2H3;2*1-2H2. The van der Waals surface area contributed by atoms with Crippen LogP contribution in [0.2, 0.25) is 0 Å². The van der Waals surface area contributed by atoms with Crippen molar-refractivity contribution < 1.29 is 4.39 Å². The normalized spacial score (nSPS) is 12.3. The summed E-state index contributed by atoms with van der Waals surface area (Å²) in [5, 5.41) is 12.3. The van der Waals surface area contributed by atoms with Crippen molar-refractivity contribution >= 4 is 27.8 Å². The number of fused-ring (bicyclic) bond motifs is 2. The van der Waals surface area contributed by atoms with E-state index in [0.717, 1.165) is 69.0 Å². The summed E-state index contributed by atoms with van der Waals surface area (Å²) in [6.07, 6.45) is 6.96. The number of aromatic amines is 2. The van der Waals surface area contributed by atoms with Crippen molar-refractivity contribution in [2.45, 2.75) is 26.4 Å². The van der Waals surface area contributed by atoms with Crippen LogP contribution in [0.5, 0.6) is 0 Å². The zero-order valence-corrected chi connectivity index (χ0v) is 25.9. The van der Waals surface area contributed by atoms with Gasteiger partial charge in [-0.3, -0.25) is 15.1 Å². The SMILES string of the molecule is C=C.C=C.CC.CNCc1cc(F)cc(-c2nccc3[nH]c(-c4[nH]nc5ncc(-c6cncc(N7CC(N)C7)n6)cc45)cc23)c1. The molecule has 1 aliphatic heterocycles. The van der Waals surface area contributed by atoms with Gasteiger partial charge in [0.1, 0.15) is 11.6 Å². The minimum atomic E-state index is -0.297. The van der Waals surface area contributed by atoms with Gasteiger partial charge in [-0.25, -0.2) is 14.4 Å². The fraction of sp³-hybridized carbons (Fsp3) is 0.206. The smallest absolute Gasteiger partial charge is 0.181 e. The Morgan fingerprint density at radius 1 is 0.978 bits per heavy atom. The molecule has 1 aliphatic rings. The first-order valence-electron chi connectivity index (χ1n) is 14.7. The minimum absolute atomic E-state index is 0.172. The molecule has 0 amide bonds. The third kappa shape index (κ3) is 6.79. The van der Waals surface area contributed by atoms with E-state index in [1.807, 2.05) is 45.2 Å². The first-order valence-corrected chi connectivity index (χ1v) is 14.7. The summed E-state index contributed by atoms with van der Waals surface area (Å²) >= 11 is 0. The second-order valence-corrected chi connectivity index (χ2v) is 9.80. The zero-order chi connectivity index (χ0) is 32.5. The number of nitrogens with one attached hydrogen (secondary N) is 3. The molecule has 5 N–H and O–H groups in total. The van der Waals surface area contributed by atoms with E-state index >= 15 is 0 Å². The van der Waals surface area contributed by atoms with Gasteiger partial charge in [0, 0.05) is 65.5 Å². The number of hydrogen-bond acceptors (Lipinski definition) is 8. The van der Waals surface area contributed by atoms with Gasteiger partial charge in [-0.1, -0.05) is 13.8 Å². The lowest BCUT2D eigenvalue weighted by Gasteiger charge is -2.37. The molecular formula is C34H39FN10. The molecule has 0 bridgehead atoms. The first kappa shape index (κ1) is 32.6. The van der Waals surface area contributed by atoms with Crippen molar-refractivity contribution in [3.05, 3.63) is 98.9 Å². The molecule has 5 aromatic heterocycles. The van der Waals surface area contributed by atoms with Gasteiger partial charge in [-0.05, 0) is 49.0 Å². The molecule has 0 saturated carbocycles. The lowest BCUT2D eigenvalue weighted by molar-refractivity contribution is 0.514. The van der Waals surface area contributed by atoms with Crippen LogP contribution in [0, 0.1) is 5.82 Å². The van der Waals surface area contributed by atoms with Crippen LogP contribution in [0.1, 0.15) is 19.4 Å². The van der Waals surface area contributed by atoms with Gasteiger partial charge in [0.05, 0.1) is 35.2 Å². The highest BCUT2D eigenvalue weighted by Gasteiger charge is 2.25. The predicted molar refractivity (Wildman–Crippen MR) is 182 cm³/mol. The van der Waals surface area contributed by atoms with Crippen molar-refractivity contribution in [3.8, 4) is 33.9 Å². The fourth-order valence-corrected chi connectivity index (χ4v) is 5.10. The van der Waals surface area contributed by atoms with Crippen LogP contribution >= 0.6 is 0 Å². The number of aromatic nitrogens is 7. The van der Waals surface area contributed by atoms with E-state index < -0.39 is 0 Å². The second kappa shape index (κ2) is 15.0. The number of nitrogens with two attached hydrogens (primary N) is 1. The fourth-order valence-electron chi connectivity index (χ4n) is 5.10. The third-order valence-electron chi connectivity index (χ3n) is 6.99. The Hall–Kier alpha value is -5.26. The average molecular weight is 607 g/mol. The third-order valence-corrected chi connectivity index (χ3v) is 6.99. The molecule has 1 aromatic carbocycles. The zero-order valence-electron chi connectivity index (χ0n) is 25.9. The van der Waals surface area contributed by atoms with E-state index in [4.69, 9.17) is 10.7 Å². The Bertz CT molecular complexity index is 1870. The van der Waals surface area contributed by atoms with Crippen LogP contribution in [0.4, 0.5) is 10.2 Å². The summed E-state index contributed by atoms with van der Waals surface area (Å²) in [5.41, 5.74) is 12.8. The highest BCUT2D eigenvalue weighted by atomic mass is 19.1. The quantitative estimate of drug-likeness (QED) is 0.163. The maximum absolute atomic E-state index is 14.4. The van der Waals surface area contributed by atoms with Gasteiger partial charge >= 0.3 is 0 Å². The molecule has 45 heavy (non-hydrogen) atoms. The lowest BCUT2D eigenvalue weighted by Crippen LogP contribution is -2.56. The minimum Gasteiger partial charge on any atom is -0.353 e. The number of anilines is 1. The number of pyridine rings is 2. The molecule has 10 nitrogen and oxygen atoms in total. The van der Waals surface area contributed by atoms with Gasteiger partial charge in [-0.2, -0.15) is 5.10 Å². The molecule has 0 radical (unpaired) electrons. The number of benzene rings is 1. The number of nitrogens with zero attached hydrogens (tertiary/aromatic N) is 6. The number of halogens is 1. The molecule has 6 aromatic rings. The van der Waals surface area contributed by atoms with Gasteiger partial charge in [0.2, 0.25) is 0 Å². The van der Waals surface area contributed by atoms with Gasteiger partial charge in [-0.15, -0.1) is 26.3 Å². The molecule has 0 atom stereocenters. The Labute approximate surface area is 262 Å². The number of H-pyrrole nitrogens is 2. The summed E-state index contributed by atoms with van der Waals surface area (Å²) in [5.74, 6) is 0.502. The molecule has 11 heteroatoms. The highest BCUT2D eigenvalue weighted by Crippen LogP contribution is 2.34. The first-order chi connectivity index (χ1) is 22.1. The Morgan fingerprint density at radius 2 is 1.76 bits per heavy atom. The van der Waals surface area contributed by atoms with Gasteiger partial charge in [0.25, 0.3) is 0 Å². The van der Waals surface area contributed by atoms with Crippen molar-refractivity contribution in [2.24, 2.45) is 5.73 Å². The van der Waals surface area contributed by atoms with Crippen LogP contribution in [-0.2, 0) is 6.54 Å². The summed E-state index contributed by atoms with van der Waals surface area (Å²) in [6.45, 7) is 18.1. The topological polar surface area (TPSA) is 137 Å². The highest BCUT2D eigenvalue weighted by molar-refractivity contribution is 6.00. The van der Waals surface area contributed by atoms with E-state index in [0.29, 0.717) is 17.9 Å². The van der Waals surface area contributed by atoms with Crippen molar-refractivity contribution in [3.63, 3.8) is 0 Å². The van der Waals surface area contributed by atoms with Crippen LogP contribution in [0.3, 0.4) is 0 Å². The van der Waals surface area contributed by atoms with Gasteiger partial charge < -0.3 is 20.9 Å². The number of rotatable bonds is 6. The molecule has 0 spiro atoms. The van der Waals surface area contributed by atoms with Crippen LogP contribution in [-0.4, -0.2) is 61.3 Å².